The molecular weight excluding hydrogens is 320 g/mol. The molecule has 1 atom stereocenters. The van der Waals surface area contributed by atoms with Gasteiger partial charge in [-0.15, -0.1) is 0 Å². The lowest BCUT2D eigenvalue weighted by Crippen LogP contribution is -2.52. The van der Waals surface area contributed by atoms with Crippen LogP contribution in [0.1, 0.15) is 36.2 Å². The number of carbonyl (C=O) groups is 2. The highest BCUT2D eigenvalue weighted by atomic mass is 16.5. The Hall–Kier alpha value is -1.89. The van der Waals surface area contributed by atoms with Crippen LogP contribution < -0.4 is 0 Å². The predicted molar refractivity (Wildman–Crippen MR) is 93.1 cm³/mol. The normalized spacial score (nSPS) is 21.0. The van der Waals surface area contributed by atoms with E-state index in [1.54, 1.807) is 0 Å². The van der Waals surface area contributed by atoms with Gasteiger partial charge in [-0.2, -0.15) is 5.10 Å². The third-order valence-electron chi connectivity index (χ3n) is 5.40. The molecule has 0 N–H and O–H groups in total. The molecule has 1 aromatic heterocycles. The van der Waals surface area contributed by atoms with Crippen LogP contribution in [0.5, 0.6) is 0 Å². The summed E-state index contributed by atoms with van der Waals surface area (Å²) in [6, 6.07) is 0. The van der Waals surface area contributed by atoms with Crippen LogP contribution in [0.4, 0.5) is 0 Å². The van der Waals surface area contributed by atoms with E-state index in [9.17, 15) is 9.59 Å². The summed E-state index contributed by atoms with van der Waals surface area (Å²) in [5.41, 5.74) is 3.29. The fourth-order valence-electron chi connectivity index (χ4n) is 3.72. The lowest BCUT2D eigenvalue weighted by atomic mass is 10.1. The molecule has 25 heavy (non-hydrogen) atoms. The fraction of sp³-hybridized carbons (Fsp3) is 0.722. The van der Waals surface area contributed by atoms with Crippen molar-refractivity contribution in [2.45, 2.75) is 45.6 Å². The van der Waals surface area contributed by atoms with Crippen molar-refractivity contribution in [3.63, 3.8) is 0 Å². The maximum absolute atomic E-state index is 12.5. The first-order chi connectivity index (χ1) is 12.0. The van der Waals surface area contributed by atoms with Gasteiger partial charge in [-0.3, -0.25) is 14.3 Å². The third-order valence-corrected chi connectivity index (χ3v) is 5.40. The van der Waals surface area contributed by atoms with Gasteiger partial charge in [0.15, 0.2) is 0 Å². The van der Waals surface area contributed by atoms with Crippen LogP contribution in [0.3, 0.4) is 0 Å². The molecule has 7 nitrogen and oxygen atoms in total. The van der Waals surface area contributed by atoms with Crippen LogP contribution in [0.25, 0.3) is 0 Å². The van der Waals surface area contributed by atoms with Crippen molar-refractivity contribution < 1.29 is 14.3 Å². The van der Waals surface area contributed by atoms with Gasteiger partial charge in [-0.05, 0) is 38.7 Å². The molecule has 3 rings (SSSR count). The zero-order valence-corrected chi connectivity index (χ0v) is 15.5. The van der Waals surface area contributed by atoms with Gasteiger partial charge in [0.25, 0.3) is 5.91 Å². The molecule has 7 heteroatoms. The highest BCUT2D eigenvalue weighted by Crippen LogP contribution is 2.17. The van der Waals surface area contributed by atoms with E-state index in [-0.39, 0.29) is 17.9 Å². The SMILES string of the molecule is Cc1nn(C)c(C)c1CCC(=O)N1CCN(C(=O)[C@@H]2CCCO2)CC1. The standard InChI is InChI=1S/C18H28N4O3/c1-13-15(14(2)20(3)19-13)6-7-17(23)21-8-10-22(11-9-21)18(24)16-5-4-12-25-16/h16H,4-12H2,1-3H3/t16-/m0/s1. The molecule has 2 saturated heterocycles. The van der Waals surface area contributed by atoms with Crippen molar-refractivity contribution in [2.75, 3.05) is 32.8 Å². The van der Waals surface area contributed by atoms with Gasteiger partial charge in [0.05, 0.1) is 5.69 Å². The molecule has 0 aromatic carbocycles. The number of hydrogen-bond donors (Lipinski definition) is 0. The molecule has 0 spiro atoms. The number of rotatable bonds is 4. The topological polar surface area (TPSA) is 67.7 Å². The molecule has 3 heterocycles. The summed E-state index contributed by atoms with van der Waals surface area (Å²) in [6.45, 7) is 7.15. The highest BCUT2D eigenvalue weighted by Gasteiger charge is 2.31. The second-order valence-electron chi connectivity index (χ2n) is 6.98. The van der Waals surface area contributed by atoms with Crippen LogP contribution in [-0.4, -0.2) is 70.3 Å². The van der Waals surface area contributed by atoms with Gasteiger partial charge in [-0.25, -0.2) is 0 Å². The maximum Gasteiger partial charge on any atom is 0.251 e. The predicted octanol–water partition coefficient (Wildman–Crippen LogP) is 0.819. The van der Waals surface area contributed by atoms with E-state index in [0.717, 1.165) is 30.7 Å². The van der Waals surface area contributed by atoms with Crippen LogP contribution in [-0.2, 0) is 27.8 Å². The van der Waals surface area contributed by atoms with E-state index in [1.165, 1.54) is 5.56 Å². The number of amides is 2. The monoisotopic (exact) mass is 348 g/mol. The number of carbonyl (C=O) groups excluding carboxylic acids is 2. The molecule has 138 valence electrons. The summed E-state index contributed by atoms with van der Waals surface area (Å²) >= 11 is 0. The maximum atomic E-state index is 12.5. The van der Waals surface area contributed by atoms with Crippen molar-refractivity contribution in [1.82, 2.24) is 19.6 Å². The fourth-order valence-corrected chi connectivity index (χ4v) is 3.72. The minimum absolute atomic E-state index is 0.0891. The number of nitrogens with zero attached hydrogens (tertiary/aromatic N) is 4. The average molecular weight is 348 g/mol. The Labute approximate surface area is 148 Å². The number of piperazine rings is 1. The lowest BCUT2D eigenvalue weighted by Gasteiger charge is -2.35. The van der Waals surface area contributed by atoms with Gasteiger partial charge in [0.2, 0.25) is 5.91 Å². The van der Waals surface area contributed by atoms with E-state index in [0.29, 0.717) is 39.2 Å². The van der Waals surface area contributed by atoms with Crippen LogP contribution in [0.2, 0.25) is 0 Å². The van der Waals surface area contributed by atoms with Gasteiger partial charge in [0, 0.05) is 51.9 Å². The number of ether oxygens (including phenoxy) is 1. The summed E-state index contributed by atoms with van der Waals surface area (Å²) < 4.78 is 7.34. The quantitative estimate of drug-likeness (QED) is 0.808. The summed E-state index contributed by atoms with van der Waals surface area (Å²) in [7, 11) is 1.93. The molecule has 2 amide bonds. The van der Waals surface area contributed by atoms with Crippen molar-refractivity contribution in [3.8, 4) is 0 Å². The van der Waals surface area contributed by atoms with Crippen LogP contribution >= 0.6 is 0 Å². The van der Waals surface area contributed by atoms with Crippen molar-refractivity contribution in [1.29, 1.82) is 0 Å². The molecule has 0 radical (unpaired) electrons. The van der Waals surface area contributed by atoms with E-state index >= 15 is 0 Å². The zero-order chi connectivity index (χ0) is 18.0. The summed E-state index contributed by atoms with van der Waals surface area (Å²) in [5.74, 6) is 0.248. The lowest BCUT2D eigenvalue weighted by molar-refractivity contribution is -0.146. The van der Waals surface area contributed by atoms with Crippen LogP contribution in [0, 0.1) is 13.8 Å². The van der Waals surface area contributed by atoms with E-state index < -0.39 is 0 Å². The Morgan fingerprint density at radius 3 is 2.40 bits per heavy atom. The molecule has 0 unspecified atom stereocenters. The van der Waals surface area contributed by atoms with E-state index in [4.69, 9.17) is 4.74 Å². The first-order valence-corrected chi connectivity index (χ1v) is 9.14. The number of aromatic nitrogens is 2. The summed E-state index contributed by atoms with van der Waals surface area (Å²) in [5, 5.41) is 4.40. The molecule has 0 bridgehead atoms. The molecule has 2 fully saturated rings. The van der Waals surface area contributed by atoms with E-state index in [2.05, 4.69) is 5.10 Å². The first-order valence-electron chi connectivity index (χ1n) is 9.14. The second-order valence-corrected chi connectivity index (χ2v) is 6.98. The number of hydrogen-bond acceptors (Lipinski definition) is 4. The molecule has 0 aliphatic carbocycles. The second kappa shape index (κ2) is 7.56. The van der Waals surface area contributed by atoms with E-state index in [1.807, 2.05) is 35.4 Å². The molecule has 1 aromatic rings. The van der Waals surface area contributed by atoms with Gasteiger partial charge in [0.1, 0.15) is 6.10 Å². The molecule has 0 saturated carbocycles. The Morgan fingerprint density at radius 2 is 1.84 bits per heavy atom. The minimum atomic E-state index is -0.265. The van der Waals surface area contributed by atoms with Gasteiger partial charge < -0.3 is 14.5 Å². The summed E-state index contributed by atoms with van der Waals surface area (Å²) in [4.78, 5) is 28.6. The largest absolute Gasteiger partial charge is 0.368 e. The molecular formula is C18H28N4O3. The van der Waals surface area contributed by atoms with Crippen molar-refractivity contribution in [2.24, 2.45) is 7.05 Å². The highest BCUT2D eigenvalue weighted by molar-refractivity contribution is 5.82. The molecule has 2 aliphatic heterocycles. The Kier molecular flexibility index (Phi) is 5.42. The van der Waals surface area contributed by atoms with Crippen molar-refractivity contribution >= 4 is 11.8 Å². The van der Waals surface area contributed by atoms with Crippen molar-refractivity contribution in [3.05, 3.63) is 17.0 Å². The van der Waals surface area contributed by atoms with Crippen LogP contribution in [0.15, 0.2) is 0 Å². The zero-order valence-electron chi connectivity index (χ0n) is 15.5. The third kappa shape index (κ3) is 3.86. The Balaban J connectivity index is 1.47. The first kappa shape index (κ1) is 17.9. The smallest absolute Gasteiger partial charge is 0.251 e. The Bertz CT molecular complexity index is 641. The summed E-state index contributed by atoms with van der Waals surface area (Å²) in [6.07, 6.45) is 2.73. The Morgan fingerprint density at radius 1 is 1.16 bits per heavy atom. The number of aryl methyl sites for hydroxylation is 2. The minimum Gasteiger partial charge on any atom is -0.368 e. The van der Waals surface area contributed by atoms with Gasteiger partial charge in [-0.1, -0.05) is 0 Å². The van der Waals surface area contributed by atoms with Gasteiger partial charge >= 0.3 is 0 Å². The average Bonchev–Trinajstić information content (AvgIpc) is 3.22. The molecule has 2 aliphatic rings.